The van der Waals surface area contributed by atoms with Gasteiger partial charge in [-0.1, -0.05) is 48.5 Å². The minimum Gasteiger partial charge on any atom is -0.310 e. The molecule has 0 bridgehead atoms. The lowest BCUT2D eigenvalue weighted by Gasteiger charge is -2.00. The normalized spacial score (nSPS) is 13.9. The van der Waals surface area contributed by atoms with E-state index in [1.807, 2.05) is 0 Å². The second kappa shape index (κ2) is 5.87. The maximum absolute atomic E-state index is 4.44. The van der Waals surface area contributed by atoms with Gasteiger partial charge in [0.25, 0.3) is 0 Å². The Hall–Kier alpha value is -1.84. The molecule has 3 heteroatoms. The van der Waals surface area contributed by atoms with Gasteiger partial charge in [-0.2, -0.15) is 0 Å². The average molecular weight is 250 g/mol. The summed E-state index contributed by atoms with van der Waals surface area (Å²) in [5.74, 6) is 0. The number of benzene rings is 3. The average Bonchev–Trinajstić information content (AvgIpc) is 3.04. The summed E-state index contributed by atoms with van der Waals surface area (Å²) in [7, 11) is 0.778. The molecule has 1 aliphatic heterocycles. The Morgan fingerprint density at radius 3 is 1.47 bits per heavy atom. The molecule has 1 fully saturated rings. The zero-order valence-corrected chi connectivity index (χ0v) is 10.7. The SMILES string of the molecule is B1CCOO1.c1ccc2cc3ccccc3cc2c1. The van der Waals surface area contributed by atoms with E-state index in [0.29, 0.717) is 0 Å². The van der Waals surface area contributed by atoms with Gasteiger partial charge in [-0.05, 0) is 40.0 Å². The molecule has 1 saturated heterocycles. The van der Waals surface area contributed by atoms with Crippen LogP contribution >= 0.6 is 0 Å². The zero-order valence-electron chi connectivity index (χ0n) is 10.7. The first-order valence-electron chi connectivity index (χ1n) is 6.55. The largest absolute Gasteiger partial charge is 0.325 e. The minimum atomic E-state index is 0.778. The predicted octanol–water partition coefficient (Wildman–Crippen LogP) is 3.71. The van der Waals surface area contributed by atoms with Crippen molar-refractivity contribution in [3.05, 3.63) is 60.7 Å². The summed E-state index contributed by atoms with van der Waals surface area (Å²) in [6, 6.07) is 21.4. The van der Waals surface area contributed by atoms with Crippen LogP contribution in [0.15, 0.2) is 60.7 Å². The van der Waals surface area contributed by atoms with Crippen molar-refractivity contribution in [3.63, 3.8) is 0 Å². The molecule has 0 saturated carbocycles. The van der Waals surface area contributed by atoms with Gasteiger partial charge in [-0.15, -0.1) is 0 Å². The molecule has 1 heterocycles. The Morgan fingerprint density at radius 1 is 0.737 bits per heavy atom. The highest BCUT2D eigenvalue weighted by Gasteiger charge is 1.99. The first-order valence-corrected chi connectivity index (χ1v) is 6.55. The van der Waals surface area contributed by atoms with E-state index in [-0.39, 0.29) is 0 Å². The maximum Gasteiger partial charge on any atom is 0.325 e. The first-order chi connectivity index (χ1) is 9.43. The summed E-state index contributed by atoms with van der Waals surface area (Å²) in [6.45, 7) is 0.778. The Bertz CT molecular complexity index is 565. The van der Waals surface area contributed by atoms with Crippen molar-refractivity contribution >= 4 is 29.0 Å². The van der Waals surface area contributed by atoms with Crippen LogP contribution in [-0.2, 0) is 9.69 Å². The smallest absolute Gasteiger partial charge is 0.310 e. The zero-order chi connectivity index (χ0) is 12.9. The third-order valence-electron chi connectivity index (χ3n) is 3.15. The van der Waals surface area contributed by atoms with Gasteiger partial charge in [-0.25, -0.2) is 0 Å². The molecule has 3 aromatic rings. The van der Waals surface area contributed by atoms with Crippen LogP contribution in [0.4, 0.5) is 0 Å². The van der Waals surface area contributed by atoms with E-state index in [1.165, 1.54) is 21.5 Å². The van der Waals surface area contributed by atoms with E-state index < -0.39 is 0 Å². The van der Waals surface area contributed by atoms with Gasteiger partial charge in [0.05, 0.1) is 6.61 Å². The summed E-state index contributed by atoms with van der Waals surface area (Å²) in [4.78, 5) is 8.89. The van der Waals surface area contributed by atoms with Gasteiger partial charge in [-0.3, -0.25) is 4.89 Å². The maximum atomic E-state index is 4.44. The van der Waals surface area contributed by atoms with Crippen LogP contribution in [0.25, 0.3) is 21.5 Å². The molecule has 3 aromatic carbocycles. The van der Waals surface area contributed by atoms with Gasteiger partial charge in [0, 0.05) is 0 Å². The van der Waals surface area contributed by atoms with Crippen molar-refractivity contribution in [3.8, 4) is 0 Å². The van der Waals surface area contributed by atoms with Gasteiger partial charge in [0.1, 0.15) is 0 Å². The molecule has 0 amide bonds. The highest BCUT2D eigenvalue weighted by Crippen LogP contribution is 2.21. The van der Waals surface area contributed by atoms with E-state index in [9.17, 15) is 0 Å². The van der Waals surface area contributed by atoms with Crippen molar-refractivity contribution < 1.29 is 9.69 Å². The number of hydrogen-bond donors (Lipinski definition) is 0. The van der Waals surface area contributed by atoms with Crippen LogP contribution in [-0.4, -0.2) is 14.1 Å². The highest BCUT2D eigenvalue weighted by molar-refractivity contribution is 6.27. The third kappa shape index (κ3) is 2.95. The van der Waals surface area contributed by atoms with Crippen molar-refractivity contribution in [1.29, 1.82) is 0 Å². The Morgan fingerprint density at radius 2 is 1.21 bits per heavy atom. The topological polar surface area (TPSA) is 18.5 Å². The van der Waals surface area contributed by atoms with Crippen molar-refractivity contribution in [1.82, 2.24) is 0 Å². The molecule has 1 aliphatic rings. The summed E-state index contributed by atoms with van der Waals surface area (Å²) >= 11 is 0. The second-order valence-corrected chi connectivity index (χ2v) is 4.54. The van der Waals surface area contributed by atoms with Crippen LogP contribution in [0.5, 0.6) is 0 Å². The van der Waals surface area contributed by atoms with Crippen LogP contribution < -0.4 is 0 Å². The molecule has 0 unspecified atom stereocenters. The Kier molecular flexibility index (Phi) is 3.77. The molecule has 0 spiro atoms. The minimum absolute atomic E-state index is 0.778. The third-order valence-corrected chi connectivity index (χ3v) is 3.15. The van der Waals surface area contributed by atoms with Crippen LogP contribution in [0.2, 0.25) is 6.32 Å². The molecular formula is C16H15BO2. The number of fused-ring (bicyclic) bond motifs is 2. The van der Waals surface area contributed by atoms with E-state index in [2.05, 4.69) is 70.4 Å². The standard InChI is InChI=1S/C14H10.C2H5BO2/c1-2-6-12-10-14-8-4-3-7-13(14)9-11(12)5-1;1-2-4-5-3-1/h1-10H;3H,1-2H2. The van der Waals surface area contributed by atoms with Crippen LogP contribution in [0.1, 0.15) is 0 Å². The fourth-order valence-corrected chi connectivity index (χ4v) is 2.18. The summed E-state index contributed by atoms with van der Waals surface area (Å²) < 4.78 is 0. The lowest BCUT2D eigenvalue weighted by atomic mass is 9.99. The van der Waals surface area contributed by atoms with E-state index in [1.54, 1.807) is 0 Å². The highest BCUT2D eigenvalue weighted by atomic mass is 17.2. The Labute approximate surface area is 113 Å². The first kappa shape index (κ1) is 12.2. The van der Waals surface area contributed by atoms with Crippen molar-refractivity contribution in [2.75, 3.05) is 6.61 Å². The molecule has 0 atom stereocenters. The van der Waals surface area contributed by atoms with Gasteiger partial charge < -0.3 is 4.81 Å². The molecular weight excluding hydrogens is 235 g/mol. The summed E-state index contributed by atoms with van der Waals surface area (Å²) in [5, 5.41) is 5.25. The van der Waals surface area contributed by atoms with Crippen molar-refractivity contribution in [2.24, 2.45) is 0 Å². The van der Waals surface area contributed by atoms with Gasteiger partial charge in [0.15, 0.2) is 0 Å². The fourth-order valence-electron chi connectivity index (χ4n) is 2.18. The molecule has 2 nitrogen and oxygen atoms in total. The van der Waals surface area contributed by atoms with Crippen molar-refractivity contribution in [2.45, 2.75) is 6.32 Å². The lowest BCUT2D eigenvalue weighted by Crippen LogP contribution is -1.78. The van der Waals surface area contributed by atoms with E-state index >= 15 is 0 Å². The predicted molar refractivity (Wildman–Crippen MR) is 80.4 cm³/mol. The lowest BCUT2D eigenvalue weighted by molar-refractivity contribution is -0.181. The number of rotatable bonds is 0. The quantitative estimate of drug-likeness (QED) is 0.344. The molecule has 94 valence electrons. The molecule has 4 rings (SSSR count). The van der Waals surface area contributed by atoms with Crippen LogP contribution in [0, 0.1) is 0 Å². The fraction of sp³-hybridized carbons (Fsp3) is 0.125. The summed E-state index contributed by atoms with van der Waals surface area (Å²) in [6.07, 6.45) is 1.06. The van der Waals surface area contributed by atoms with E-state index in [0.717, 1.165) is 20.4 Å². The molecule has 0 radical (unpaired) electrons. The molecule has 0 N–H and O–H groups in total. The summed E-state index contributed by atoms with van der Waals surface area (Å²) in [5.41, 5.74) is 0. The van der Waals surface area contributed by atoms with Gasteiger partial charge in [0.2, 0.25) is 0 Å². The second-order valence-electron chi connectivity index (χ2n) is 4.54. The monoisotopic (exact) mass is 250 g/mol. The van der Waals surface area contributed by atoms with E-state index in [4.69, 9.17) is 0 Å². The van der Waals surface area contributed by atoms with Gasteiger partial charge >= 0.3 is 7.48 Å². The Balaban J connectivity index is 0.000000187. The molecule has 0 aromatic heterocycles. The molecule has 0 aliphatic carbocycles. The molecule has 19 heavy (non-hydrogen) atoms. The van der Waals surface area contributed by atoms with Crippen LogP contribution in [0.3, 0.4) is 0 Å². The number of hydrogen-bond acceptors (Lipinski definition) is 2.